The van der Waals surface area contributed by atoms with Crippen molar-refractivity contribution in [2.75, 3.05) is 0 Å². The molecule has 4 nitrogen and oxygen atoms in total. The number of aryl methyl sites for hydroxylation is 4. The first-order chi connectivity index (χ1) is 19.3. The largest absolute Gasteiger partial charge is 0.337 e. The molecule has 4 heteroatoms. The third-order valence-electron chi connectivity index (χ3n) is 9.86. The normalized spacial score (nSPS) is 17.5. The molecule has 0 amide bonds. The molecule has 0 atom stereocenters. The molecule has 7 rings (SSSR count). The van der Waals surface area contributed by atoms with E-state index in [1.807, 2.05) is 0 Å². The molecule has 0 unspecified atom stereocenters. The van der Waals surface area contributed by atoms with E-state index in [0.29, 0.717) is 12.1 Å². The molecule has 5 aromatic rings. The summed E-state index contributed by atoms with van der Waals surface area (Å²) in [5.74, 6) is 0. The van der Waals surface area contributed by atoms with Crippen LogP contribution in [-0.2, 0) is 0 Å². The summed E-state index contributed by atoms with van der Waals surface area (Å²) in [5, 5.41) is 3.13. The zero-order chi connectivity index (χ0) is 27.7. The second-order valence-corrected chi connectivity index (χ2v) is 12.8. The van der Waals surface area contributed by atoms with Gasteiger partial charge in [0.15, 0.2) is 10.9 Å². The molecular weight excluding hydrogens is 492 g/mol. The van der Waals surface area contributed by atoms with Crippen LogP contribution in [0.1, 0.15) is 98.5 Å². The summed E-state index contributed by atoms with van der Waals surface area (Å²) < 4.78 is 4.91. The molecule has 0 radical (unpaired) electrons. The maximum absolute atomic E-state index is 14.3. The van der Waals surface area contributed by atoms with Crippen molar-refractivity contribution in [2.24, 2.45) is 0 Å². The van der Waals surface area contributed by atoms with E-state index < -0.39 is 0 Å². The monoisotopic (exact) mass is 532 g/mol. The molecule has 3 aromatic carbocycles. The minimum atomic E-state index is 0.0918. The summed E-state index contributed by atoms with van der Waals surface area (Å²) >= 11 is 0. The number of nitrogens with zero attached hydrogens (tertiary/aromatic N) is 2. The highest BCUT2D eigenvalue weighted by atomic mass is 16.1. The van der Waals surface area contributed by atoms with Crippen molar-refractivity contribution < 1.29 is 0 Å². The average molecular weight is 533 g/mol. The number of rotatable bonds is 2. The van der Waals surface area contributed by atoms with Crippen molar-refractivity contribution in [2.45, 2.75) is 104 Å². The van der Waals surface area contributed by atoms with Gasteiger partial charge in [0.2, 0.25) is 0 Å². The number of pyridine rings is 2. The van der Waals surface area contributed by atoms with Crippen molar-refractivity contribution in [1.82, 2.24) is 9.13 Å². The first-order valence-electron chi connectivity index (χ1n) is 15.4. The maximum atomic E-state index is 14.3. The molecular formula is C36H40N2O2. The van der Waals surface area contributed by atoms with E-state index in [2.05, 4.69) is 73.2 Å². The average Bonchev–Trinajstić information content (AvgIpc) is 2.95. The Morgan fingerprint density at radius 1 is 0.500 bits per heavy atom. The fraction of sp³-hybridized carbons (Fsp3) is 0.444. The molecule has 0 saturated heterocycles. The minimum Gasteiger partial charge on any atom is -0.337 e. The molecule has 0 N–H and O–H groups in total. The predicted octanol–water partition coefficient (Wildman–Crippen LogP) is 8.87. The number of hydrogen-bond acceptors (Lipinski definition) is 2. The first-order valence-corrected chi connectivity index (χ1v) is 15.4. The summed E-state index contributed by atoms with van der Waals surface area (Å²) in [5.41, 5.74) is 8.67. The molecule has 2 aliphatic carbocycles. The Bertz CT molecular complexity index is 1800. The predicted molar refractivity (Wildman–Crippen MR) is 168 cm³/mol. The van der Waals surface area contributed by atoms with Crippen molar-refractivity contribution in [3.63, 3.8) is 0 Å². The van der Waals surface area contributed by atoms with E-state index in [1.165, 1.54) is 38.5 Å². The van der Waals surface area contributed by atoms with Gasteiger partial charge in [-0.2, -0.15) is 0 Å². The van der Waals surface area contributed by atoms with Gasteiger partial charge < -0.3 is 9.13 Å². The number of benzene rings is 3. The molecule has 206 valence electrons. The van der Waals surface area contributed by atoms with Gasteiger partial charge in [0.1, 0.15) is 0 Å². The SMILES string of the molecule is Cc1cc(C)c2c(c1)c(=O)c1cc3c(cc1n2C1CCCCC1)c(=O)c1cc(C)cc(C)c1n3C1CCCCC1. The van der Waals surface area contributed by atoms with Crippen LogP contribution in [0, 0.1) is 27.7 Å². The Hall–Kier alpha value is -3.40. The van der Waals surface area contributed by atoms with Gasteiger partial charge >= 0.3 is 0 Å². The number of fused-ring (bicyclic) bond motifs is 4. The molecule has 0 bridgehead atoms. The summed E-state index contributed by atoms with van der Waals surface area (Å²) in [6, 6.07) is 13.4. The molecule has 0 aliphatic heterocycles. The Kier molecular flexibility index (Phi) is 6.14. The first kappa shape index (κ1) is 25.6. The van der Waals surface area contributed by atoms with Crippen LogP contribution in [-0.4, -0.2) is 9.13 Å². The summed E-state index contributed by atoms with van der Waals surface area (Å²) in [4.78, 5) is 28.6. The zero-order valence-corrected chi connectivity index (χ0v) is 24.4. The minimum absolute atomic E-state index is 0.0918. The highest BCUT2D eigenvalue weighted by Gasteiger charge is 2.26. The topological polar surface area (TPSA) is 44.0 Å². The Morgan fingerprint density at radius 3 is 1.25 bits per heavy atom. The summed E-state index contributed by atoms with van der Waals surface area (Å²) in [7, 11) is 0. The van der Waals surface area contributed by atoms with Crippen LogP contribution < -0.4 is 10.9 Å². The molecule has 0 spiro atoms. The lowest BCUT2D eigenvalue weighted by molar-refractivity contribution is 0.365. The van der Waals surface area contributed by atoms with Crippen molar-refractivity contribution in [3.05, 3.63) is 79.1 Å². The fourth-order valence-electron chi connectivity index (χ4n) is 8.21. The van der Waals surface area contributed by atoms with Crippen LogP contribution in [0.2, 0.25) is 0 Å². The lowest BCUT2D eigenvalue weighted by Crippen LogP contribution is -2.22. The van der Waals surface area contributed by atoms with Crippen molar-refractivity contribution in [3.8, 4) is 0 Å². The van der Waals surface area contributed by atoms with Gasteiger partial charge in [-0.15, -0.1) is 0 Å². The lowest BCUT2D eigenvalue weighted by atomic mass is 9.92. The van der Waals surface area contributed by atoms with Gasteiger partial charge in [-0.1, -0.05) is 50.7 Å². The quantitative estimate of drug-likeness (QED) is 0.213. The van der Waals surface area contributed by atoms with Gasteiger partial charge in [0.05, 0.1) is 22.1 Å². The highest BCUT2D eigenvalue weighted by molar-refractivity contribution is 6.05. The van der Waals surface area contributed by atoms with E-state index in [-0.39, 0.29) is 10.9 Å². The van der Waals surface area contributed by atoms with Gasteiger partial charge in [-0.3, -0.25) is 9.59 Å². The van der Waals surface area contributed by atoms with E-state index >= 15 is 0 Å². The zero-order valence-electron chi connectivity index (χ0n) is 24.4. The van der Waals surface area contributed by atoms with Crippen LogP contribution in [0.4, 0.5) is 0 Å². The molecule has 2 fully saturated rings. The van der Waals surface area contributed by atoms with Crippen LogP contribution >= 0.6 is 0 Å². The van der Waals surface area contributed by atoms with Crippen molar-refractivity contribution in [1.29, 1.82) is 0 Å². The Morgan fingerprint density at radius 2 is 0.875 bits per heavy atom. The third-order valence-corrected chi connectivity index (χ3v) is 9.86. The molecule has 2 heterocycles. The Balaban J connectivity index is 1.70. The van der Waals surface area contributed by atoms with Gasteiger partial charge in [-0.05, 0) is 99.9 Å². The van der Waals surface area contributed by atoms with E-state index in [1.54, 1.807) is 0 Å². The lowest BCUT2D eigenvalue weighted by Gasteiger charge is -2.31. The Labute approximate surface area is 235 Å². The number of aromatic nitrogens is 2. The molecule has 2 saturated carbocycles. The second-order valence-electron chi connectivity index (χ2n) is 12.8. The van der Waals surface area contributed by atoms with E-state index in [0.717, 1.165) is 91.5 Å². The summed E-state index contributed by atoms with van der Waals surface area (Å²) in [6.45, 7) is 8.43. The molecule has 2 aliphatic rings. The van der Waals surface area contributed by atoms with Crippen LogP contribution in [0.3, 0.4) is 0 Å². The third kappa shape index (κ3) is 3.86. The standard InChI is InChI=1S/C36H40N2O2/c1-21-15-23(3)33-29(17-21)35(39)27-19-32-28(20-31(27)37(33)25-11-7-5-8-12-25)36(40)30-18-22(2)16-24(4)34(30)38(32)26-13-9-6-10-14-26/h15-20,25-26H,5-14H2,1-4H3. The number of hydrogen-bond donors (Lipinski definition) is 0. The van der Waals surface area contributed by atoms with E-state index in [4.69, 9.17) is 0 Å². The molecule has 40 heavy (non-hydrogen) atoms. The summed E-state index contributed by atoms with van der Waals surface area (Å²) in [6.07, 6.45) is 11.8. The second kappa shape index (κ2) is 9.61. The molecule has 2 aromatic heterocycles. The smallest absolute Gasteiger partial charge is 0.197 e. The highest BCUT2D eigenvalue weighted by Crippen LogP contribution is 2.39. The fourth-order valence-corrected chi connectivity index (χ4v) is 8.21. The van der Waals surface area contributed by atoms with Crippen LogP contribution in [0.25, 0.3) is 43.6 Å². The van der Waals surface area contributed by atoms with Crippen molar-refractivity contribution >= 4 is 43.6 Å². The van der Waals surface area contributed by atoms with Gasteiger partial charge in [0.25, 0.3) is 0 Å². The van der Waals surface area contributed by atoms with Gasteiger partial charge in [0, 0.05) is 33.6 Å². The van der Waals surface area contributed by atoms with E-state index in [9.17, 15) is 9.59 Å². The maximum Gasteiger partial charge on any atom is 0.197 e. The van der Waals surface area contributed by atoms with Crippen LogP contribution in [0.15, 0.2) is 46.0 Å². The van der Waals surface area contributed by atoms with Gasteiger partial charge in [-0.25, -0.2) is 0 Å². The van der Waals surface area contributed by atoms with Crippen LogP contribution in [0.5, 0.6) is 0 Å².